The van der Waals surface area contributed by atoms with Gasteiger partial charge in [0.15, 0.2) is 0 Å². The van der Waals surface area contributed by atoms with Gasteiger partial charge in [-0.05, 0) is 73.7 Å². The van der Waals surface area contributed by atoms with Crippen LogP contribution in [0.5, 0.6) is 0 Å². The van der Waals surface area contributed by atoms with E-state index in [1.165, 1.54) is 5.69 Å². The summed E-state index contributed by atoms with van der Waals surface area (Å²) < 4.78 is 0. The first kappa shape index (κ1) is 22.1. The molecule has 2 aromatic carbocycles. The molecule has 1 aromatic heterocycles. The van der Waals surface area contributed by atoms with Gasteiger partial charge in [-0.15, -0.1) is 0 Å². The van der Waals surface area contributed by atoms with Crippen molar-refractivity contribution in [1.29, 1.82) is 10.5 Å². The number of aryl methyl sites for hydroxylation is 2. The standard InChI is InChI=1S/C26H27N7/c1-18-14-21(17-28)15-19(2)25(18)31-24-7-11-29-26(32-24)30-22-8-12-33(13-9-22)23-5-3-4-20(16-23)6-10-27/h3-5,7,11,14-16,22H,6,8-9,12-13H2,1-2H3,(H2,29,30,31,32). The first-order valence-corrected chi connectivity index (χ1v) is 11.1. The Kier molecular flexibility index (Phi) is 6.71. The number of rotatable bonds is 6. The molecule has 1 fully saturated rings. The summed E-state index contributed by atoms with van der Waals surface area (Å²) in [6.45, 7) is 5.85. The number of nitrogens with zero attached hydrogens (tertiary/aromatic N) is 5. The predicted octanol–water partition coefficient (Wildman–Crippen LogP) is 4.86. The van der Waals surface area contributed by atoms with Gasteiger partial charge in [0.05, 0.1) is 24.1 Å². The molecule has 7 heteroatoms. The quantitative estimate of drug-likeness (QED) is 0.568. The van der Waals surface area contributed by atoms with E-state index in [-0.39, 0.29) is 0 Å². The van der Waals surface area contributed by atoms with Crippen LogP contribution in [-0.4, -0.2) is 29.1 Å². The molecule has 1 saturated heterocycles. The van der Waals surface area contributed by atoms with E-state index >= 15 is 0 Å². The van der Waals surface area contributed by atoms with Crippen LogP contribution >= 0.6 is 0 Å². The summed E-state index contributed by atoms with van der Waals surface area (Å²) in [5, 5.41) is 25.0. The Labute approximate surface area is 194 Å². The summed E-state index contributed by atoms with van der Waals surface area (Å²) >= 11 is 0. The van der Waals surface area contributed by atoms with Crippen molar-refractivity contribution in [2.45, 2.75) is 39.2 Å². The summed E-state index contributed by atoms with van der Waals surface area (Å²) in [5.74, 6) is 1.33. The molecule has 2 heterocycles. The second kappa shape index (κ2) is 10.0. The van der Waals surface area contributed by atoms with Crippen molar-refractivity contribution in [2.24, 2.45) is 0 Å². The minimum atomic E-state index is 0.303. The van der Waals surface area contributed by atoms with Gasteiger partial charge in [0, 0.05) is 36.7 Å². The summed E-state index contributed by atoms with van der Waals surface area (Å²) in [7, 11) is 0. The van der Waals surface area contributed by atoms with Gasteiger partial charge >= 0.3 is 0 Å². The van der Waals surface area contributed by atoms with Crippen molar-refractivity contribution >= 4 is 23.1 Å². The molecule has 0 amide bonds. The smallest absolute Gasteiger partial charge is 0.224 e. The zero-order valence-electron chi connectivity index (χ0n) is 19.0. The highest BCUT2D eigenvalue weighted by Gasteiger charge is 2.20. The third-order valence-electron chi connectivity index (χ3n) is 5.96. The average molecular weight is 438 g/mol. The number of nitrogens with one attached hydrogen (secondary N) is 2. The Morgan fingerprint density at radius 2 is 1.82 bits per heavy atom. The maximum atomic E-state index is 9.16. The van der Waals surface area contributed by atoms with E-state index in [0.717, 1.165) is 54.1 Å². The third-order valence-corrected chi connectivity index (χ3v) is 5.96. The van der Waals surface area contributed by atoms with Crippen LogP contribution in [0.25, 0.3) is 0 Å². The average Bonchev–Trinajstić information content (AvgIpc) is 2.82. The molecule has 2 N–H and O–H groups in total. The molecule has 0 aliphatic carbocycles. The Morgan fingerprint density at radius 3 is 2.52 bits per heavy atom. The Bertz CT molecular complexity index is 1190. The normalized spacial score (nSPS) is 13.8. The number of anilines is 4. The van der Waals surface area contributed by atoms with Gasteiger partial charge in [-0.1, -0.05) is 12.1 Å². The number of aromatic nitrogens is 2. The van der Waals surface area contributed by atoms with Gasteiger partial charge in [0.25, 0.3) is 0 Å². The van der Waals surface area contributed by atoms with Crippen molar-refractivity contribution in [3.05, 3.63) is 70.9 Å². The molecule has 7 nitrogen and oxygen atoms in total. The Morgan fingerprint density at radius 1 is 1.06 bits per heavy atom. The molecule has 0 unspecified atom stereocenters. The van der Waals surface area contributed by atoms with Crippen molar-refractivity contribution < 1.29 is 0 Å². The fourth-order valence-corrected chi connectivity index (χ4v) is 4.27. The third kappa shape index (κ3) is 5.39. The van der Waals surface area contributed by atoms with E-state index in [4.69, 9.17) is 10.5 Å². The van der Waals surface area contributed by atoms with E-state index in [1.807, 2.05) is 44.2 Å². The van der Waals surface area contributed by atoms with Gasteiger partial charge in [0.2, 0.25) is 5.95 Å². The van der Waals surface area contributed by atoms with Crippen LogP contribution in [-0.2, 0) is 6.42 Å². The lowest BCUT2D eigenvalue weighted by atomic mass is 10.0. The maximum Gasteiger partial charge on any atom is 0.224 e. The first-order chi connectivity index (χ1) is 16.1. The van der Waals surface area contributed by atoms with Crippen molar-refractivity contribution in [3.8, 4) is 12.1 Å². The highest BCUT2D eigenvalue weighted by Crippen LogP contribution is 2.26. The van der Waals surface area contributed by atoms with Gasteiger partial charge in [0.1, 0.15) is 5.82 Å². The summed E-state index contributed by atoms with van der Waals surface area (Å²) in [5.41, 5.74) is 5.86. The highest BCUT2D eigenvalue weighted by molar-refractivity contribution is 5.66. The molecule has 166 valence electrons. The minimum absolute atomic E-state index is 0.303. The highest BCUT2D eigenvalue weighted by atomic mass is 15.2. The van der Waals surface area contributed by atoms with Crippen LogP contribution in [0.1, 0.15) is 35.1 Å². The largest absolute Gasteiger partial charge is 0.371 e. The number of hydrogen-bond acceptors (Lipinski definition) is 7. The first-order valence-electron chi connectivity index (χ1n) is 11.1. The van der Waals surface area contributed by atoms with E-state index in [0.29, 0.717) is 24.0 Å². The minimum Gasteiger partial charge on any atom is -0.371 e. The summed E-state index contributed by atoms with van der Waals surface area (Å²) in [4.78, 5) is 11.4. The molecule has 1 aliphatic heterocycles. The van der Waals surface area contributed by atoms with Crippen LogP contribution < -0.4 is 15.5 Å². The van der Waals surface area contributed by atoms with Crippen LogP contribution in [0.3, 0.4) is 0 Å². The fraction of sp³-hybridized carbons (Fsp3) is 0.308. The summed E-state index contributed by atoms with van der Waals surface area (Å²) in [6, 6.07) is 18.6. The van der Waals surface area contributed by atoms with Gasteiger partial charge < -0.3 is 15.5 Å². The van der Waals surface area contributed by atoms with E-state index in [2.05, 4.69) is 49.8 Å². The molecule has 1 aliphatic rings. The Balaban J connectivity index is 1.38. The molecular weight excluding hydrogens is 410 g/mol. The van der Waals surface area contributed by atoms with Gasteiger partial charge in [-0.25, -0.2) is 4.98 Å². The van der Waals surface area contributed by atoms with Crippen LogP contribution in [0, 0.1) is 36.5 Å². The van der Waals surface area contributed by atoms with E-state index in [1.54, 1.807) is 6.20 Å². The van der Waals surface area contributed by atoms with E-state index < -0.39 is 0 Å². The SMILES string of the molecule is Cc1cc(C#N)cc(C)c1Nc1ccnc(NC2CCN(c3cccc(CC#N)c3)CC2)n1. The molecule has 3 aromatic rings. The lowest BCUT2D eigenvalue weighted by Crippen LogP contribution is -2.39. The van der Waals surface area contributed by atoms with Crippen LogP contribution in [0.4, 0.5) is 23.1 Å². The monoisotopic (exact) mass is 437 g/mol. The lowest BCUT2D eigenvalue weighted by molar-refractivity contribution is 0.524. The topological polar surface area (TPSA) is 101 Å². The molecule has 0 atom stereocenters. The molecule has 0 saturated carbocycles. The number of hydrogen-bond donors (Lipinski definition) is 2. The second-order valence-corrected chi connectivity index (χ2v) is 8.40. The van der Waals surface area contributed by atoms with E-state index in [9.17, 15) is 0 Å². The van der Waals surface area contributed by atoms with Crippen LogP contribution in [0.15, 0.2) is 48.7 Å². The summed E-state index contributed by atoms with van der Waals surface area (Å²) in [6.07, 6.45) is 4.16. The predicted molar refractivity (Wildman–Crippen MR) is 131 cm³/mol. The zero-order chi connectivity index (χ0) is 23.2. The van der Waals surface area contributed by atoms with Crippen LogP contribution in [0.2, 0.25) is 0 Å². The lowest BCUT2D eigenvalue weighted by Gasteiger charge is -2.34. The number of piperidine rings is 1. The maximum absolute atomic E-state index is 9.16. The van der Waals surface area contributed by atoms with Crippen molar-refractivity contribution in [1.82, 2.24) is 9.97 Å². The molecule has 0 spiro atoms. The zero-order valence-corrected chi connectivity index (χ0v) is 19.0. The number of nitriles is 2. The second-order valence-electron chi connectivity index (χ2n) is 8.40. The van der Waals surface area contributed by atoms with Crippen molar-refractivity contribution in [3.63, 3.8) is 0 Å². The van der Waals surface area contributed by atoms with Gasteiger partial charge in [-0.3, -0.25) is 0 Å². The molecule has 0 bridgehead atoms. The molecule has 0 radical (unpaired) electrons. The fourth-order valence-electron chi connectivity index (χ4n) is 4.27. The Hall–Kier alpha value is -4.10. The number of benzene rings is 2. The molecule has 33 heavy (non-hydrogen) atoms. The molecule has 4 rings (SSSR count). The van der Waals surface area contributed by atoms with Gasteiger partial charge in [-0.2, -0.15) is 15.5 Å². The molecular formula is C26H27N7. The van der Waals surface area contributed by atoms with Crippen molar-refractivity contribution in [2.75, 3.05) is 28.6 Å².